The molecule has 3 aromatic rings. The Balaban J connectivity index is 1.68. The van der Waals surface area contributed by atoms with Crippen molar-refractivity contribution in [3.8, 4) is 11.6 Å². The van der Waals surface area contributed by atoms with E-state index >= 15 is 0 Å². The number of alkyl halides is 3. The van der Waals surface area contributed by atoms with Crippen molar-refractivity contribution in [2.24, 2.45) is 0 Å². The number of carbonyl (C=O) groups is 2. The van der Waals surface area contributed by atoms with Gasteiger partial charge < -0.3 is 15.4 Å². The van der Waals surface area contributed by atoms with Crippen molar-refractivity contribution in [1.82, 2.24) is 4.98 Å². The van der Waals surface area contributed by atoms with Crippen LogP contribution in [0.25, 0.3) is 0 Å². The number of nitrogens with one attached hydrogen (secondary N) is 2. The number of hydrogen-bond acceptors (Lipinski definition) is 6. The van der Waals surface area contributed by atoms with Crippen molar-refractivity contribution in [1.29, 1.82) is 0 Å². The normalized spacial score (nSPS) is 13.2. The Morgan fingerprint density at radius 3 is 2.62 bits per heavy atom. The predicted molar refractivity (Wildman–Crippen MR) is 116 cm³/mol. The molecule has 1 aliphatic heterocycles. The molecule has 0 saturated carbocycles. The molecule has 2 N–H and O–H groups in total. The molecule has 0 bridgehead atoms. The zero-order valence-electron chi connectivity index (χ0n) is 17.4. The fraction of sp³-hybridized carbons (Fsp3) is 0.136. The minimum Gasteiger partial charge on any atom is -0.438 e. The van der Waals surface area contributed by atoms with Crippen molar-refractivity contribution >= 4 is 33.0 Å². The number of ether oxygens (including phenoxy) is 1. The number of amides is 2. The van der Waals surface area contributed by atoms with Crippen molar-refractivity contribution in [2.75, 3.05) is 16.9 Å². The Hall–Kier alpha value is -3.93. The molecule has 2 aromatic carbocycles. The van der Waals surface area contributed by atoms with Gasteiger partial charge in [0.2, 0.25) is 11.8 Å². The number of benzene rings is 2. The lowest BCUT2D eigenvalue weighted by atomic mass is 10.1. The highest BCUT2D eigenvalue weighted by atomic mass is 32.2. The fourth-order valence-electron chi connectivity index (χ4n) is 3.23. The van der Waals surface area contributed by atoms with Gasteiger partial charge in [-0.05, 0) is 48.0 Å². The maximum Gasteiger partial charge on any atom is 0.417 e. The molecule has 2 amide bonds. The van der Waals surface area contributed by atoms with Crippen LogP contribution in [-0.4, -0.2) is 31.5 Å². The van der Waals surface area contributed by atoms with E-state index in [4.69, 9.17) is 4.74 Å². The highest BCUT2D eigenvalue weighted by Crippen LogP contribution is 2.34. The first-order valence-corrected chi connectivity index (χ1v) is 11.6. The average Bonchev–Trinajstić information content (AvgIpc) is 3.12. The maximum atomic E-state index is 13.3. The molecule has 1 aromatic heterocycles. The summed E-state index contributed by atoms with van der Waals surface area (Å²) in [5, 5.41) is 5.02. The van der Waals surface area contributed by atoms with Gasteiger partial charge in [0.05, 0.1) is 16.9 Å². The van der Waals surface area contributed by atoms with Crippen LogP contribution in [0, 0.1) is 0 Å². The molecule has 0 saturated heterocycles. The van der Waals surface area contributed by atoms with Crippen LogP contribution in [0.5, 0.6) is 11.6 Å². The quantitative estimate of drug-likeness (QED) is 0.557. The summed E-state index contributed by atoms with van der Waals surface area (Å²) < 4.78 is 68.9. The fourth-order valence-corrected chi connectivity index (χ4v) is 3.90. The Labute approximate surface area is 191 Å². The number of pyridine rings is 1. The van der Waals surface area contributed by atoms with Gasteiger partial charge in [-0.15, -0.1) is 0 Å². The second-order valence-corrected chi connectivity index (χ2v) is 9.49. The van der Waals surface area contributed by atoms with Crippen molar-refractivity contribution in [3.05, 3.63) is 71.4 Å². The smallest absolute Gasteiger partial charge is 0.417 e. The number of aromatic nitrogens is 1. The number of halogens is 3. The zero-order valence-corrected chi connectivity index (χ0v) is 18.3. The number of carbonyl (C=O) groups excluding carboxylic acids is 2. The van der Waals surface area contributed by atoms with Crippen LogP contribution >= 0.6 is 0 Å². The van der Waals surface area contributed by atoms with E-state index in [2.05, 4.69) is 15.6 Å². The van der Waals surface area contributed by atoms with E-state index < -0.39 is 38.9 Å². The molecule has 0 fully saturated rings. The van der Waals surface area contributed by atoms with Gasteiger partial charge in [-0.25, -0.2) is 13.4 Å². The van der Waals surface area contributed by atoms with Gasteiger partial charge in [0.15, 0.2) is 9.84 Å². The highest BCUT2D eigenvalue weighted by Gasteiger charge is 2.33. The minimum absolute atomic E-state index is 0.0541. The molecule has 2 heterocycles. The molecule has 0 atom stereocenters. The zero-order chi connectivity index (χ0) is 24.7. The Morgan fingerprint density at radius 2 is 1.91 bits per heavy atom. The van der Waals surface area contributed by atoms with Gasteiger partial charge >= 0.3 is 6.18 Å². The first-order valence-electron chi connectivity index (χ1n) is 9.69. The summed E-state index contributed by atoms with van der Waals surface area (Å²) in [6.45, 7) is 0. The van der Waals surface area contributed by atoms with Crippen molar-refractivity contribution in [2.45, 2.75) is 17.5 Å². The van der Waals surface area contributed by atoms with Gasteiger partial charge in [0.25, 0.3) is 5.91 Å². The third kappa shape index (κ3) is 5.01. The lowest BCUT2D eigenvalue weighted by molar-refractivity contribution is -0.137. The number of rotatable bonds is 5. The number of nitrogens with zero attached hydrogens (tertiary/aromatic N) is 1. The summed E-state index contributed by atoms with van der Waals surface area (Å²) >= 11 is 0. The van der Waals surface area contributed by atoms with E-state index in [1.807, 2.05) is 0 Å². The molecule has 0 radical (unpaired) electrons. The van der Waals surface area contributed by atoms with Crippen LogP contribution in [0.2, 0.25) is 0 Å². The SMILES string of the molecule is CS(=O)(=O)c1cccc(NC(=O)c2cc(C(F)(F)F)cnc2Oc2ccc3c(c2)CC(=O)N3)c1. The standard InChI is InChI=1S/C22H16F3N3O5S/c1-34(31,32)16-4-2-3-14(10-16)27-20(30)17-9-13(22(23,24)25)11-26-21(17)33-15-5-6-18-12(7-15)8-19(29)28-18/h2-7,9-11H,8H2,1H3,(H,27,30)(H,28,29). The topological polar surface area (TPSA) is 114 Å². The molecule has 4 rings (SSSR count). The number of fused-ring (bicyclic) bond motifs is 1. The lowest BCUT2D eigenvalue weighted by Crippen LogP contribution is -2.16. The van der Waals surface area contributed by atoms with Crippen LogP contribution < -0.4 is 15.4 Å². The summed E-state index contributed by atoms with van der Waals surface area (Å²) in [5.74, 6) is -1.44. The van der Waals surface area contributed by atoms with E-state index in [0.29, 0.717) is 23.5 Å². The lowest BCUT2D eigenvalue weighted by Gasteiger charge is -2.14. The van der Waals surface area contributed by atoms with E-state index in [-0.39, 0.29) is 28.7 Å². The summed E-state index contributed by atoms with van der Waals surface area (Å²) in [4.78, 5) is 28.0. The Kier molecular flexibility index (Phi) is 5.77. The van der Waals surface area contributed by atoms with E-state index in [1.54, 1.807) is 6.07 Å². The number of hydrogen-bond donors (Lipinski definition) is 2. The van der Waals surface area contributed by atoms with Crippen LogP contribution in [0.1, 0.15) is 21.5 Å². The molecule has 176 valence electrons. The maximum absolute atomic E-state index is 13.3. The highest BCUT2D eigenvalue weighted by molar-refractivity contribution is 7.90. The molecular formula is C22H16F3N3O5S. The first kappa shape index (κ1) is 23.2. The van der Waals surface area contributed by atoms with Crippen molar-refractivity contribution < 1.29 is 35.9 Å². The Bertz CT molecular complexity index is 1420. The Morgan fingerprint density at radius 1 is 1.15 bits per heavy atom. The van der Waals surface area contributed by atoms with Crippen molar-refractivity contribution in [3.63, 3.8) is 0 Å². The molecule has 0 spiro atoms. The number of sulfone groups is 1. The largest absolute Gasteiger partial charge is 0.438 e. The van der Waals surface area contributed by atoms with E-state index in [0.717, 1.165) is 6.26 Å². The molecule has 1 aliphatic rings. The van der Waals surface area contributed by atoms with Gasteiger partial charge in [-0.1, -0.05) is 6.07 Å². The van der Waals surface area contributed by atoms with Gasteiger partial charge in [0, 0.05) is 23.8 Å². The van der Waals surface area contributed by atoms with Gasteiger partial charge in [-0.3, -0.25) is 9.59 Å². The van der Waals surface area contributed by atoms with E-state index in [1.165, 1.54) is 36.4 Å². The monoisotopic (exact) mass is 491 g/mol. The summed E-state index contributed by atoms with van der Waals surface area (Å²) in [6, 6.07) is 10.4. The molecule has 34 heavy (non-hydrogen) atoms. The predicted octanol–water partition coefficient (Wildman–Crippen LogP) is 4.04. The number of anilines is 2. The molecule has 0 unspecified atom stereocenters. The summed E-state index contributed by atoms with van der Waals surface area (Å²) in [6.07, 6.45) is -3.14. The van der Waals surface area contributed by atoms with Crippen LogP contribution in [0.4, 0.5) is 24.5 Å². The van der Waals surface area contributed by atoms with Crippen LogP contribution in [-0.2, 0) is 27.2 Å². The van der Waals surface area contributed by atoms with Crippen LogP contribution in [0.15, 0.2) is 59.6 Å². The average molecular weight is 491 g/mol. The van der Waals surface area contributed by atoms with E-state index in [9.17, 15) is 31.2 Å². The molecule has 0 aliphatic carbocycles. The summed E-state index contributed by atoms with van der Waals surface area (Å²) in [7, 11) is -3.58. The second kappa shape index (κ2) is 8.45. The molecular weight excluding hydrogens is 475 g/mol. The molecule has 12 heteroatoms. The van der Waals surface area contributed by atoms with Gasteiger partial charge in [-0.2, -0.15) is 13.2 Å². The van der Waals surface area contributed by atoms with Crippen LogP contribution in [0.3, 0.4) is 0 Å². The molecule has 8 nitrogen and oxygen atoms in total. The van der Waals surface area contributed by atoms with Gasteiger partial charge in [0.1, 0.15) is 11.3 Å². The third-order valence-corrected chi connectivity index (χ3v) is 5.97. The second-order valence-electron chi connectivity index (χ2n) is 7.47. The first-order chi connectivity index (χ1) is 15.9. The minimum atomic E-state index is -4.77. The summed E-state index contributed by atoms with van der Waals surface area (Å²) in [5.41, 5.74) is -0.425. The third-order valence-electron chi connectivity index (χ3n) is 4.86.